The van der Waals surface area contributed by atoms with Crippen LogP contribution in [0.25, 0.3) is 0 Å². The molecule has 25 heavy (non-hydrogen) atoms. The van der Waals surface area contributed by atoms with Crippen molar-refractivity contribution >= 4 is 5.97 Å². The number of nitrogens with zero attached hydrogens (tertiary/aromatic N) is 1. The monoisotopic (exact) mass is 347 g/mol. The molecule has 1 aliphatic rings. The van der Waals surface area contributed by atoms with E-state index in [2.05, 4.69) is 6.07 Å². The molecule has 2 N–H and O–H groups in total. The molecule has 1 saturated heterocycles. The first kappa shape index (κ1) is 19.2. The minimum atomic E-state index is -0.588. The minimum Gasteiger partial charge on any atom is -0.491 e. The number of esters is 1. The summed E-state index contributed by atoms with van der Waals surface area (Å²) in [6.45, 7) is 4.66. The molecule has 6 heteroatoms. The van der Waals surface area contributed by atoms with Crippen molar-refractivity contribution in [1.29, 1.82) is 5.26 Å². The zero-order valence-electron chi connectivity index (χ0n) is 14.7. The number of hydrogen-bond donors (Lipinski definition) is 2. The maximum Gasteiger partial charge on any atom is 0.314 e. The Morgan fingerprint density at radius 1 is 1.44 bits per heavy atom. The fraction of sp³-hybridized carbons (Fsp3) is 0.579. The van der Waals surface area contributed by atoms with E-state index in [-0.39, 0.29) is 18.5 Å². The van der Waals surface area contributed by atoms with Gasteiger partial charge in [-0.15, -0.1) is 0 Å². The molecule has 0 amide bonds. The second-order valence-electron chi connectivity index (χ2n) is 6.44. The first-order valence-electron chi connectivity index (χ1n) is 8.89. The van der Waals surface area contributed by atoms with Crippen LogP contribution in [0.1, 0.15) is 25.3 Å². The Morgan fingerprint density at radius 2 is 2.20 bits per heavy atom. The number of benzene rings is 1. The minimum absolute atomic E-state index is 0.0653. The summed E-state index contributed by atoms with van der Waals surface area (Å²) in [4.78, 5) is 13.1. The average Bonchev–Trinajstić information content (AvgIpc) is 2.62. The zero-order chi connectivity index (χ0) is 18.1. The Hall–Kier alpha value is -2.10. The number of nitriles is 1. The highest BCUT2D eigenvalue weighted by atomic mass is 16.5. The highest BCUT2D eigenvalue weighted by Gasteiger charge is 2.30. The number of quaternary nitrogens is 1. The molecule has 0 saturated carbocycles. The van der Waals surface area contributed by atoms with Gasteiger partial charge in [-0.2, -0.15) is 5.26 Å². The number of rotatable bonds is 8. The number of aliphatic hydroxyl groups is 1. The van der Waals surface area contributed by atoms with Crippen molar-refractivity contribution in [2.75, 3.05) is 32.8 Å². The third kappa shape index (κ3) is 6.37. The Bertz CT molecular complexity index is 582. The molecule has 0 aliphatic carbocycles. The third-order valence-electron chi connectivity index (χ3n) is 4.41. The summed E-state index contributed by atoms with van der Waals surface area (Å²) in [6.07, 6.45) is 1.62. The average molecular weight is 347 g/mol. The van der Waals surface area contributed by atoms with Gasteiger partial charge in [0.15, 0.2) is 0 Å². The Labute approximate surface area is 149 Å². The predicted molar refractivity (Wildman–Crippen MR) is 92.2 cm³/mol. The molecule has 1 heterocycles. The van der Waals surface area contributed by atoms with Crippen LogP contribution in [0.2, 0.25) is 0 Å². The largest absolute Gasteiger partial charge is 0.491 e. The van der Waals surface area contributed by atoms with Gasteiger partial charge in [-0.05, 0) is 37.5 Å². The first-order valence-corrected chi connectivity index (χ1v) is 8.89. The molecular formula is C19H27N2O4+. The van der Waals surface area contributed by atoms with E-state index < -0.39 is 6.10 Å². The molecule has 0 aromatic heterocycles. The van der Waals surface area contributed by atoms with Crippen LogP contribution in [0.5, 0.6) is 5.75 Å². The lowest BCUT2D eigenvalue weighted by Crippen LogP contribution is -3.15. The van der Waals surface area contributed by atoms with Crippen LogP contribution in [0.3, 0.4) is 0 Å². The molecular weight excluding hydrogens is 320 g/mol. The number of hydrogen-bond acceptors (Lipinski definition) is 5. The smallest absolute Gasteiger partial charge is 0.314 e. The number of likely N-dealkylation sites (tertiary alicyclic amines) is 1. The van der Waals surface area contributed by atoms with Gasteiger partial charge in [0.1, 0.15) is 30.9 Å². The number of carbonyl (C=O) groups excluding carboxylic acids is 1. The van der Waals surface area contributed by atoms with E-state index >= 15 is 0 Å². The molecule has 1 aliphatic heterocycles. The molecule has 1 fully saturated rings. The second-order valence-corrected chi connectivity index (χ2v) is 6.44. The quantitative estimate of drug-likeness (QED) is 0.663. The topological polar surface area (TPSA) is 84.0 Å². The molecule has 0 radical (unpaired) electrons. The van der Waals surface area contributed by atoms with Gasteiger partial charge in [0.25, 0.3) is 0 Å². The Kier molecular flexibility index (Phi) is 7.71. The molecule has 1 aromatic rings. The lowest BCUT2D eigenvalue weighted by Gasteiger charge is -2.30. The molecule has 3 atom stereocenters. The van der Waals surface area contributed by atoms with Crippen molar-refractivity contribution < 1.29 is 24.3 Å². The number of ether oxygens (including phenoxy) is 2. The summed E-state index contributed by atoms with van der Waals surface area (Å²) in [7, 11) is 0. The number of carbonyl (C=O) groups is 1. The highest BCUT2D eigenvalue weighted by Crippen LogP contribution is 2.13. The van der Waals surface area contributed by atoms with Crippen LogP contribution in [0.4, 0.5) is 0 Å². The lowest BCUT2D eigenvalue weighted by atomic mass is 9.98. The van der Waals surface area contributed by atoms with E-state index in [0.29, 0.717) is 31.9 Å². The van der Waals surface area contributed by atoms with Crippen molar-refractivity contribution in [1.82, 2.24) is 0 Å². The number of nitrogens with one attached hydrogen (secondary N) is 1. The molecule has 0 bridgehead atoms. The normalized spacial score (nSPS) is 21.2. The maximum atomic E-state index is 11.9. The van der Waals surface area contributed by atoms with E-state index in [1.54, 1.807) is 0 Å². The molecule has 1 aromatic carbocycles. The second kappa shape index (κ2) is 10.0. The summed E-state index contributed by atoms with van der Waals surface area (Å²) >= 11 is 0. The van der Waals surface area contributed by atoms with Crippen molar-refractivity contribution in [3.63, 3.8) is 0 Å². The Morgan fingerprint density at radius 3 is 2.88 bits per heavy atom. The zero-order valence-corrected chi connectivity index (χ0v) is 14.7. The van der Waals surface area contributed by atoms with Crippen LogP contribution in [0, 0.1) is 17.2 Å². The summed E-state index contributed by atoms with van der Waals surface area (Å²) in [5.74, 6) is 0.492. The van der Waals surface area contributed by atoms with Gasteiger partial charge in [0.2, 0.25) is 0 Å². The molecule has 6 nitrogen and oxygen atoms in total. The molecule has 136 valence electrons. The van der Waals surface area contributed by atoms with E-state index in [4.69, 9.17) is 14.7 Å². The fourth-order valence-corrected chi connectivity index (χ4v) is 3.18. The highest BCUT2D eigenvalue weighted by molar-refractivity contribution is 5.72. The van der Waals surface area contributed by atoms with Gasteiger partial charge in [-0.1, -0.05) is 12.1 Å². The SMILES string of the molecule is CCOC(=O)[C@@H]1CCC[NH+](C[C@H](O)COc2ccc(CC#N)cc2)C1. The molecule has 0 spiro atoms. The molecule has 2 rings (SSSR count). The summed E-state index contributed by atoms with van der Waals surface area (Å²) in [5.41, 5.74) is 0.943. The number of piperidine rings is 1. The first-order chi connectivity index (χ1) is 12.1. The van der Waals surface area contributed by atoms with E-state index in [9.17, 15) is 9.90 Å². The van der Waals surface area contributed by atoms with Gasteiger partial charge in [0, 0.05) is 0 Å². The number of aliphatic hydroxyl groups excluding tert-OH is 1. The van der Waals surface area contributed by atoms with Gasteiger partial charge >= 0.3 is 5.97 Å². The van der Waals surface area contributed by atoms with Crippen molar-refractivity contribution in [3.05, 3.63) is 29.8 Å². The van der Waals surface area contributed by atoms with E-state index in [0.717, 1.165) is 24.9 Å². The van der Waals surface area contributed by atoms with Crippen LogP contribution < -0.4 is 9.64 Å². The summed E-state index contributed by atoms with van der Waals surface area (Å²) in [5, 5.41) is 18.9. The standard InChI is InChI=1S/C19H26N2O4/c1-2-24-19(23)16-4-3-11-21(12-16)13-17(22)14-25-18-7-5-15(6-8-18)9-10-20/h5-8,16-17,22H,2-4,9,11-14H2,1H3/p+1/t16-,17+/m1/s1. The summed E-state index contributed by atoms with van der Waals surface area (Å²) < 4.78 is 10.7. The fourth-order valence-electron chi connectivity index (χ4n) is 3.18. The van der Waals surface area contributed by atoms with Crippen molar-refractivity contribution in [3.8, 4) is 11.8 Å². The van der Waals surface area contributed by atoms with Gasteiger partial charge < -0.3 is 19.5 Å². The van der Waals surface area contributed by atoms with E-state index in [1.165, 1.54) is 4.90 Å². The van der Waals surface area contributed by atoms with Gasteiger partial charge in [0.05, 0.1) is 32.2 Å². The van der Waals surface area contributed by atoms with E-state index in [1.807, 2.05) is 31.2 Å². The maximum absolute atomic E-state index is 11.9. The van der Waals surface area contributed by atoms with Crippen LogP contribution in [0.15, 0.2) is 24.3 Å². The van der Waals surface area contributed by atoms with Gasteiger partial charge in [-0.25, -0.2) is 0 Å². The van der Waals surface area contributed by atoms with Crippen molar-refractivity contribution in [2.24, 2.45) is 5.92 Å². The van der Waals surface area contributed by atoms with Crippen LogP contribution in [-0.2, 0) is 16.0 Å². The van der Waals surface area contributed by atoms with Crippen LogP contribution >= 0.6 is 0 Å². The predicted octanol–water partition coefficient (Wildman–Crippen LogP) is 0.350. The van der Waals surface area contributed by atoms with Crippen molar-refractivity contribution in [2.45, 2.75) is 32.3 Å². The molecule has 1 unspecified atom stereocenters. The van der Waals surface area contributed by atoms with Gasteiger partial charge in [-0.3, -0.25) is 4.79 Å². The van der Waals surface area contributed by atoms with Crippen LogP contribution in [-0.4, -0.2) is 50.0 Å². The summed E-state index contributed by atoms with van der Waals surface area (Å²) in [6, 6.07) is 9.42. The lowest BCUT2D eigenvalue weighted by molar-refractivity contribution is -0.910. The third-order valence-corrected chi connectivity index (χ3v) is 4.41. The Balaban J connectivity index is 1.74.